The summed E-state index contributed by atoms with van der Waals surface area (Å²) in [6.45, 7) is 2.75. The van der Waals surface area contributed by atoms with Crippen molar-refractivity contribution in [2.75, 3.05) is 19.1 Å². The average molecular weight is 278 g/mol. The summed E-state index contributed by atoms with van der Waals surface area (Å²) < 4.78 is 5.25. The molecule has 1 aromatic heterocycles. The molecule has 19 heavy (non-hydrogen) atoms. The highest BCUT2D eigenvalue weighted by molar-refractivity contribution is 6.32. The Morgan fingerprint density at radius 2 is 2.16 bits per heavy atom. The minimum atomic E-state index is 0.551. The van der Waals surface area contributed by atoms with Crippen molar-refractivity contribution in [3.8, 4) is 5.75 Å². The molecular weight excluding hydrogens is 262 g/mol. The van der Waals surface area contributed by atoms with Crippen LogP contribution in [0.2, 0.25) is 5.02 Å². The van der Waals surface area contributed by atoms with Crippen molar-refractivity contribution in [1.82, 2.24) is 9.97 Å². The molecule has 0 atom stereocenters. The normalized spacial score (nSPS) is 10.3. The first kappa shape index (κ1) is 13.6. The number of hydrogen-bond donors (Lipinski definition) is 0. The van der Waals surface area contributed by atoms with Gasteiger partial charge in [-0.15, -0.1) is 0 Å². The third-order valence-corrected chi connectivity index (χ3v) is 3.16. The third-order valence-electron chi connectivity index (χ3n) is 2.89. The van der Waals surface area contributed by atoms with Gasteiger partial charge >= 0.3 is 0 Å². The second-order valence-electron chi connectivity index (χ2n) is 4.35. The Morgan fingerprint density at radius 1 is 1.37 bits per heavy atom. The van der Waals surface area contributed by atoms with Crippen LogP contribution in [0.5, 0.6) is 5.75 Å². The summed E-state index contributed by atoms with van der Waals surface area (Å²) in [6.07, 6.45) is 3.09. The van der Waals surface area contributed by atoms with Crippen molar-refractivity contribution in [2.24, 2.45) is 0 Å². The van der Waals surface area contributed by atoms with Crippen LogP contribution in [0.15, 0.2) is 30.7 Å². The van der Waals surface area contributed by atoms with E-state index < -0.39 is 0 Å². The number of aryl methyl sites for hydroxylation is 1. The molecule has 4 nitrogen and oxygen atoms in total. The summed E-state index contributed by atoms with van der Waals surface area (Å²) >= 11 is 6.08. The van der Waals surface area contributed by atoms with E-state index >= 15 is 0 Å². The van der Waals surface area contributed by atoms with E-state index in [-0.39, 0.29) is 0 Å². The van der Waals surface area contributed by atoms with Gasteiger partial charge in [-0.05, 0) is 24.1 Å². The molecule has 0 aliphatic heterocycles. The van der Waals surface area contributed by atoms with Crippen LogP contribution >= 0.6 is 11.6 Å². The molecule has 1 heterocycles. The molecule has 0 radical (unpaired) electrons. The van der Waals surface area contributed by atoms with Gasteiger partial charge in [-0.25, -0.2) is 9.97 Å². The standard InChI is InChI=1S/C14H16ClN3O/c1-10-6-11(4-5-13(10)19-3)8-18(2)14-12(15)7-16-9-17-14/h4-7,9H,8H2,1-3H3. The Morgan fingerprint density at radius 3 is 2.79 bits per heavy atom. The molecule has 0 bridgehead atoms. The smallest absolute Gasteiger partial charge is 0.150 e. The largest absolute Gasteiger partial charge is 0.496 e. The number of ether oxygens (including phenoxy) is 1. The number of halogens is 1. The van der Waals surface area contributed by atoms with Crippen LogP contribution in [0.4, 0.5) is 5.82 Å². The van der Waals surface area contributed by atoms with Gasteiger partial charge in [-0.2, -0.15) is 0 Å². The van der Waals surface area contributed by atoms with Gasteiger partial charge in [0.05, 0.1) is 13.3 Å². The fourth-order valence-corrected chi connectivity index (χ4v) is 2.22. The summed E-state index contributed by atoms with van der Waals surface area (Å²) in [5, 5.41) is 0.551. The quantitative estimate of drug-likeness (QED) is 0.861. The minimum Gasteiger partial charge on any atom is -0.496 e. The van der Waals surface area contributed by atoms with Crippen LogP contribution in [-0.4, -0.2) is 24.1 Å². The number of methoxy groups -OCH3 is 1. The molecule has 0 N–H and O–H groups in total. The molecule has 0 fully saturated rings. The lowest BCUT2D eigenvalue weighted by atomic mass is 10.1. The highest BCUT2D eigenvalue weighted by Crippen LogP contribution is 2.23. The minimum absolute atomic E-state index is 0.551. The van der Waals surface area contributed by atoms with Crippen LogP contribution in [0.3, 0.4) is 0 Å². The summed E-state index contributed by atoms with van der Waals surface area (Å²) in [7, 11) is 3.63. The first-order chi connectivity index (χ1) is 9.11. The Balaban J connectivity index is 2.17. The molecule has 0 saturated heterocycles. The number of nitrogens with zero attached hydrogens (tertiary/aromatic N) is 3. The molecule has 0 saturated carbocycles. The van der Waals surface area contributed by atoms with Crippen molar-refractivity contribution in [3.63, 3.8) is 0 Å². The molecule has 1 aromatic carbocycles. The first-order valence-electron chi connectivity index (χ1n) is 5.92. The van der Waals surface area contributed by atoms with Gasteiger partial charge in [0.2, 0.25) is 0 Å². The Bertz CT molecular complexity index is 574. The molecule has 0 aliphatic carbocycles. The lowest BCUT2D eigenvalue weighted by molar-refractivity contribution is 0.411. The fraction of sp³-hybridized carbons (Fsp3) is 0.286. The van der Waals surface area contributed by atoms with Gasteiger partial charge in [0.1, 0.15) is 17.1 Å². The van der Waals surface area contributed by atoms with Gasteiger partial charge < -0.3 is 9.64 Å². The van der Waals surface area contributed by atoms with Crippen LogP contribution in [0.1, 0.15) is 11.1 Å². The average Bonchev–Trinajstić information content (AvgIpc) is 2.39. The molecule has 100 valence electrons. The Hall–Kier alpha value is -1.81. The lowest BCUT2D eigenvalue weighted by Gasteiger charge is -2.19. The molecule has 0 spiro atoms. The number of rotatable bonds is 4. The zero-order chi connectivity index (χ0) is 13.8. The predicted octanol–water partition coefficient (Wildman–Crippen LogP) is 3.08. The summed E-state index contributed by atoms with van der Waals surface area (Å²) in [5.41, 5.74) is 2.29. The molecule has 5 heteroatoms. The fourth-order valence-electron chi connectivity index (χ4n) is 1.97. The number of aromatic nitrogens is 2. The highest BCUT2D eigenvalue weighted by atomic mass is 35.5. The first-order valence-corrected chi connectivity index (χ1v) is 6.29. The third kappa shape index (κ3) is 3.15. The van der Waals surface area contributed by atoms with E-state index in [0.29, 0.717) is 5.02 Å². The van der Waals surface area contributed by atoms with Crippen LogP contribution in [0, 0.1) is 6.92 Å². The number of benzene rings is 1. The van der Waals surface area contributed by atoms with Gasteiger partial charge in [-0.1, -0.05) is 23.7 Å². The monoisotopic (exact) mass is 277 g/mol. The van der Waals surface area contributed by atoms with Crippen molar-refractivity contribution in [2.45, 2.75) is 13.5 Å². The summed E-state index contributed by atoms with van der Waals surface area (Å²) in [6, 6.07) is 6.11. The van der Waals surface area contributed by atoms with Crippen molar-refractivity contribution >= 4 is 17.4 Å². The van der Waals surface area contributed by atoms with Crippen molar-refractivity contribution in [3.05, 3.63) is 46.9 Å². The summed E-state index contributed by atoms with van der Waals surface area (Å²) in [4.78, 5) is 10.1. The topological polar surface area (TPSA) is 38.2 Å². The number of hydrogen-bond acceptors (Lipinski definition) is 4. The van der Waals surface area contributed by atoms with Crippen LogP contribution < -0.4 is 9.64 Å². The lowest BCUT2D eigenvalue weighted by Crippen LogP contribution is -2.18. The van der Waals surface area contributed by atoms with E-state index in [2.05, 4.69) is 16.0 Å². The van der Waals surface area contributed by atoms with Crippen molar-refractivity contribution in [1.29, 1.82) is 0 Å². The van der Waals surface area contributed by atoms with Crippen LogP contribution in [-0.2, 0) is 6.54 Å². The van der Waals surface area contributed by atoms with Gasteiger partial charge in [0, 0.05) is 13.6 Å². The SMILES string of the molecule is COc1ccc(CN(C)c2ncncc2Cl)cc1C. The zero-order valence-corrected chi connectivity index (χ0v) is 12.0. The number of anilines is 1. The Labute approximate surface area is 118 Å². The van der Waals surface area contributed by atoms with E-state index in [1.54, 1.807) is 13.3 Å². The van der Waals surface area contributed by atoms with E-state index in [9.17, 15) is 0 Å². The van der Waals surface area contributed by atoms with Crippen molar-refractivity contribution < 1.29 is 4.74 Å². The van der Waals surface area contributed by atoms with E-state index in [4.69, 9.17) is 16.3 Å². The molecule has 2 aromatic rings. The second-order valence-corrected chi connectivity index (χ2v) is 4.76. The molecule has 2 rings (SSSR count). The van der Waals surface area contributed by atoms with E-state index in [1.807, 2.05) is 31.0 Å². The van der Waals surface area contributed by atoms with E-state index in [1.165, 1.54) is 11.9 Å². The van der Waals surface area contributed by atoms with Gasteiger partial charge in [0.25, 0.3) is 0 Å². The second kappa shape index (κ2) is 5.89. The highest BCUT2D eigenvalue weighted by Gasteiger charge is 2.09. The Kier molecular flexibility index (Phi) is 4.22. The predicted molar refractivity (Wildman–Crippen MR) is 76.9 cm³/mol. The van der Waals surface area contributed by atoms with Gasteiger partial charge in [0.15, 0.2) is 5.82 Å². The maximum Gasteiger partial charge on any atom is 0.150 e. The molecule has 0 amide bonds. The summed E-state index contributed by atoms with van der Waals surface area (Å²) in [5.74, 6) is 1.62. The zero-order valence-electron chi connectivity index (χ0n) is 11.2. The van der Waals surface area contributed by atoms with E-state index in [0.717, 1.165) is 23.7 Å². The van der Waals surface area contributed by atoms with Crippen LogP contribution in [0.25, 0.3) is 0 Å². The molecule has 0 aliphatic rings. The maximum atomic E-state index is 6.08. The van der Waals surface area contributed by atoms with Gasteiger partial charge in [-0.3, -0.25) is 0 Å². The molecular formula is C14H16ClN3O. The molecule has 0 unspecified atom stereocenters. The maximum absolute atomic E-state index is 6.08.